The molecule has 0 heterocycles. The molecular formula is C15H20ClNO. The van der Waals surface area contributed by atoms with Crippen molar-refractivity contribution in [3.63, 3.8) is 0 Å². The second-order valence-electron chi connectivity index (χ2n) is 4.90. The van der Waals surface area contributed by atoms with E-state index in [1.807, 2.05) is 36.1 Å². The van der Waals surface area contributed by atoms with Crippen molar-refractivity contribution in [2.24, 2.45) is 5.92 Å². The SMILES string of the molecule is CCN(C(=O)C1CCCCC1)c1cccc(Cl)c1. The van der Waals surface area contributed by atoms with Crippen LogP contribution < -0.4 is 4.90 Å². The van der Waals surface area contributed by atoms with Crippen LogP contribution in [0.5, 0.6) is 0 Å². The molecule has 1 aliphatic carbocycles. The molecular weight excluding hydrogens is 246 g/mol. The van der Waals surface area contributed by atoms with Gasteiger partial charge in [0.25, 0.3) is 0 Å². The Labute approximate surface area is 114 Å². The molecule has 0 aliphatic heterocycles. The summed E-state index contributed by atoms with van der Waals surface area (Å²) in [6, 6.07) is 7.56. The van der Waals surface area contributed by atoms with E-state index in [9.17, 15) is 4.79 Å². The fourth-order valence-corrected chi connectivity index (χ4v) is 2.86. The molecule has 1 aromatic rings. The first-order chi connectivity index (χ1) is 8.72. The molecule has 1 fully saturated rings. The average Bonchev–Trinajstić information content (AvgIpc) is 2.40. The minimum atomic E-state index is 0.206. The fourth-order valence-electron chi connectivity index (χ4n) is 2.68. The summed E-state index contributed by atoms with van der Waals surface area (Å²) in [7, 11) is 0. The second kappa shape index (κ2) is 6.24. The van der Waals surface area contributed by atoms with Crippen LogP contribution in [0.1, 0.15) is 39.0 Å². The number of amides is 1. The van der Waals surface area contributed by atoms with Crippen LogP contribution in [0.25, 0.3) is 0 Å². The summed E-state index contributed by atoms with van der Waals surface area (Å²) in [6.07, 6.45) is 5.71. The first kappa shape index (κ1) is 13.4. The standard InChI is InChI=1S/C15H20ClNO/c1-2-17(14-10-6-9-13(16)11-14)15(18)12-7-4-3-5-8-12/h6,9-12H,2-5,7-8H2,1H3. The van der Waals surface area contributed by atoms with Crippen LogP contribution in [0.2, 0.25) is 5.02 Å². The summed E-state index contributed by atoms with van der Waals surface area (Å²) >= 11 is 6.00. The van der Waals surface area contributed by atoms with Crippen LogP contribution in [0.15, 0.2) is 24.3 Å². The predicted molar refractivity (Wildman–Crippen MR) is 76.1 cm³/mol. The van der Waals surface area contributed by atoms with Gasteiger partial charge < -0.3 is 4.90 Å². The number of benzene rings is 1. The molecule has 0 N–H and O–H groups in total. The van der Waals surface area contributed by atoms with E-state index in [0.717, 1.165) is 18.5 Å². The van der Waals surface area contributed by atoms with E-state index >= 15 is 0 Å². The minimum Gasteiger partial charge on any atom is -0.312 e. The van der Waals surface area contributed by atoms with Crippen molar-refractivity contribution < 1.29 is 4.79 Å². The van der Waals surface area contributed by atoms with Crippen LogP contribution in [0.4, 0.5) is 5.69 Å². The Bertz CT molecular complexity index is 413. The monoisotopic (exact) mass is 265 g/mol. The summed E-state index contributed by atoms with van der Waals surface area (Å²) in [6.45, 7) is 2.72. The van der Waals surface area contributed by atoms with Gasteiger partial charge in [0.05, 0.1) is 0 Å². The highest BCUT2D eigenvalue weighted by atomic mass is 35.5. The zero-order valence-corrected chi connectivity index (χ0v) is 11.6. The van der Waals surface area contributed by atoms with Gasteiger partial charge >= 0.3 is 0 Å². The van der Waals surface area contributed by atoms with Crippen molar-refractivity contribution in [3.05, 3.63) is 29.3 Å². The Kier molecular flexibility index (Phi) is 4.65. The molecule has 1 saturated carbocycles. The molecule has 0 atom stereocenters. The highest BCUT2D eigenvalue weighted by Crippen LogP contribution is 2.28. The summed E-state index contributed by atoms with van der Waals surface area (Å²) in [5.41, 5.74) is 0.917. The van der Waals surface area contributed by atoms with Gasteiger partial charge in [-0.15, -0.1) is 0 Å². The normalized spacial score (nSPS) is 16.6. The molecule has 0 aromatic heterocycles. The van der Waals surface area contributed by atoms with E-state index in [-0.39, 0.29) is 11.8 Å². The van der Waals surface area contributed by atoms with Gasteiger partial charge in [-0.05, 0) is 38.0 Å². The Balaban J connectivity index is 2.14. The van der Waals surface area contributed by atoms with Gasteiger partial charge in [-0.3, -0.25) is 4.79 Å². The molecule has 0 saturated heterocycles. The van der Waals surface area contributed by atoms with Crippen LogP contribution in [-0.4, -0.2) is 12.5 Å². The molecule has 1 aromatic carbocycles. The lowest BCUT2D eigenvalue weighted by molar-refractivity contribution is -0.123. The van der Waals surface area contributed by atoms with Gasteiger partial charge in [0, 0.05) is 23.2 Å². The predicted octanol–water partition coefficient (Wildman–Crippen LogP) is 4.27. The lowest BCUT2D eigenvalue weighted by Gasteiger charge is -2.28. The van der Waals surface area contributed by atoms with E-state index in [1.165, 1.54) is 19.3 Å². The van der Waals surface area contributed by atoms with E-state index in [4.69, 9.17) is 11.6 Å². The first-order valence-electron chi connectivity index (χ1n) is 6.79. The second-order valence-corrected chi connectivity index (χ2v) is 5.33. The number of rotatable bonds is 3. The highest BCUT2D eigenvalue weighted by molar-refractivity contribution is 6.30. The lowest BCUT2D eigenvalue weighted by Crippen LogP contribution is -2.36. The molecule has 1 aliphatic rings. The maximum atomic E-state index is 12.5. The van der Waals surface area contributed by atoms with Gasteiger partial charge in [0.15, 0.2) is 0 Å². The first-order valence-corrected chi connectivity index (χ1v) is 7.17. The molecule has 0 radical (unpaired) electrons. The maximum Gasteiger partial charge on any atom is 0.230 e. The molecule has 2 nitrogen and oxygen atoms in total. The van der Waals surface area contributed by atoms with Crippen molar-refractivity contribution >= 4 is 23.2 Å². The van der Waals surface area contributed by atoms with E-state index in [1.54, 1.807) is 0 Å². The maximum absolute atomic E-state index is 12.5. The lowest BCUT2D eigenvalue weighted by atomic mass is 9.88. The van der Waals surface area contributed by atoms with Gasteiger partial charge in [-0.1, -0.05) is 36.9 Å². The van der Waals surface area contributed by atoms with Gasteiger partial charge in [-0.2, -0.15) is 0 Å². The molecule has 0 spiro atoms. The molecule has 0 unspecified atom stereocenters. The quantitative estimate of drug-likeness (QED) is 0.799. The zero-order valence-electron chi connectivity index (χ0n) is 10.9. The van der Waals surface area contributed by atoms with Crippen molar-refractivity contribution in [1.29, 1.82) is 0 Å². The molecule has 2 rings (SSSR count). The largest absolute Gasteiger partial charge is 0.312 e. The van der Waals surface area contributed by atoms with Gasteiger partial charge in [-0.25, -0.2) is 0 Å². The topological polar surface area (TPSA) is 20.3 Å². The van der Waals surface area contributed by atoms with Gasteiger partial charge in [0.2, 0.25) is 5.91 Å². The number of carbonyl (C=O) groups excluding carboxylic acids is 1. The number of nitrogens with zero attached hydrogens (tertiary/aromatic N) is 1. The number of carbonyl (C=O) groups is 1. The Morgan fingerprint density at radius 1 is 1.33 bits per heavy atom. The zero-order chi connectivity index (χ0) is 13.0. The Hall–Kier alpha value is -1.02. The van der Waals surface area contributed by atoms with Crippen molar-refractivity contribution in [1.82, 2.24) is 0 Å². The molecule has 3 heteroatoms. The molecule has 0 bridgehead atoms. The van der Waals surface area contributed by atoms with E-state index < -0.39 is 0 Å². The van der Waals surface area contributed by atoms with Crippen LogP contribution >= 0.6 is 11.6 Å². The third-order valence-corrected chi connectivity index (χ3v) is 3.89. The van der Waals surface area contributed by atoms with Gasteiger partial charge in [0.1, 0.15) is 0 Å². The summed E-state index contributed by atoms with van der Waals surface area (Å²) in [5, 5.41) is 0.683. The van der Waals surface area contributed by atoms with Crippen molar-refractivity contribution in [2.45, 2.75) is 39.0 Å². The third kappa shape index (κ3) is 3.05. The third-order valence-electron chi connectivity index (χ3n) is 3.66. The number of anilines is 1. The smallest absolute Gasteiger partial charge is 0.230 e. The van der Waals surface area contributed by atoms with Crippen molar-refractivity contribution in [3.8, 4) is 0 Å². The highest BCUT2D eigenvalue weighted by Gasteiger charge is 2.25. The van der Waals surface area contributed by atoms with Crippen molar-refractivity contribution in [2.75, 3.05) is 11.4 Å². The van der Waals surface area contributed by atoms with Crippen LogP contribution in [0, 0.1) is 5.92 Å². The number of hydrogen-bond donors (Lipinski definition) is 0. The molecule has 18 heavy (non-hydrogen) atoms. The average molecular weight is 266 g/mol. The van der Waals surface area contributed by atoms with E-state index in [2.05, 4.69) is 0 Å². The molecule has 1 amide bonds. The van der Waals surface area contributed by atoms with E-state index in [0.29, 0.717) is 11.6 Å². The Morgan fingerprint density at radius 2 is 2.06 bits per heavy atom. The summed E-state index contributed by atoms with van der Waals surface area (Å²) < 4.78 is 0. The number of hydrogen-bond acceptors (Lipinski definition) is 1. The summed E-state index contributed by atoms with van der Waals surface area (Å²) in [5.74, 6) is 0.470. The Morgan fingerprint density at radius 3 is 2.67 bits per heavy atom. The fraction of sp³-hybridized carbons (Fsp3) is 0.533. The number of halogens is 1. The van der Waals surface area contributed by atoms with Crippen LogP contribution in [-0.2, 0) is 4.79 Å². The van der Waals surface area contributed by atoms with Crippen LogP contribution in [0.3, 0.4) is 0 Å². The molecule has 98 valence electrons. The summed E-state index contributed by atoms with van der Waals surface area (Å²) in [4.78, 5) is 14.4. The minimum absolute atomic E-state index is 0.206.